The van der Waals surface area contributed by atoms with Crippen LogP contribution in [0.4, 0.5) is 0 Å². The van der Waals surface area contributed by atoms with E-state index in [4.69, 9.17) is 4.99 Å². The van der Waals surface area contributed by atoms with Crippen LogP contribution in [0.25, 0.3) is 54.2 Å². The summed E-state index contributed by atoms with van der Waals surface area (Å²) in [6.45, 7) is 8.99. The van der Waals surface area contributed by atoms with Crippen LogP contribution in [0.1, 0.15) is 42.9 Å². The quantitative estimate of drug-likeness (QED) is 0.166. The van der Waals surface area contributed by atoms with Gasteiger partial charge in [0.15, 0.2) is 0 Å². The van der Waals surface area contributed by atoms with Crippen LogP contribution in [0.5, 0.6) is 0 Å². The number of benzene rings is 4. The molecule has 1 nitrogen and oxygen atoms in total. The normalized spacial score (nSPS) is 19.9. The van der Waals surface area contributed by atoms with Gasteiger partial charge in [0.05, 0.1) is 0 Å². The maximum absolute atomic E-state index is 5.40. The Labute approximate surface area is 257 Å². The van der Waals surface area contributed by atoms with Gasteiger partial charge in [-0.15, -0.1) is 0 Å². The number of aliphatic imine (C=N–C) groups is 1. The molecule has 5 aromatic rings. The number of hydrogen-bond acceptors (Lipinski definition) is 2. The summed E-state index contributed by atoms with van der Waals surface area (Å²) in [6, 6.07) is 25.6. The van der Waals surface area contributed by atoms with E-state index >= 15 is 0 Å². The van der Waals surface area contributed by atoms with Gasteiger partial charge in [0.1, 0.15) is 0 Å². The molecule has 202 valence electrons. The molecule has 0 amide bonds. The Bertz CT molecular complexity index is 2220. The molecule has 2 aliphatic carbocycles. The van der Waals surface area contributed by atoms with Gasteiger partial charge in [-0.3, -0.25) is 0 Å². The third-order valence-corrected chi connectivity index (χ3v) is 16.7. The van der Waals surface area contributed by atoms with Crippen molar-refractivity contribution >= 4 is 68.8 Å². The van der Waals surface area contributed by atoms with Crippen molar-refractivity contribution in [3.05, 3.63) is 137 Å². The molecule has 0 spiro atoms. The summed E-state index contributed by atoms with van der Waals surface area (Å²) >= 11 is 0.149. The Balaban J connectivity index is 1.34. The molecule has 1 aromatic heterocycles. The van der Waals surface area contributed by atoms with Crippen molar-refractivity contribution in [2.45, 2.75) is 26.2 Å². The molecule has 0 saturated heterocycles. The van der Waals surface area contributed by atoms with Crippen molar-refractivity contribution in [2.75, 3.05) is 0 Å². The van der Waals surface area contributed by atoms with E-state index in [0.717, 1.165) is 17.7 Å². The average Bonchev–Trinajstić information content (AvgIpc) is 3.64. The maximum atomic E-state index is 5.40. The van der Waals surface area contributed by atoms with Crippen molar-refractivity contribution < 1.29 is 0 Å². The van der Waals surface area contributed by atoms with E-state index < -0.39 is 19.8 Å². The van der Waals surface area contributed by atoms with E-state index in [1.54, 1.807) is 7.14 Å². The van der Waals surface area contributed by atoms with E-state index in [1.165, 1.54) is 68.4 Å². The van der Waals surface area contributed by atoms with Gasteiger partial charge in [-0.05, 0) is 0 Å². The first-order valence-corrected chi connectivity index (χ1v) is 18.6. The average molecular weight is 670 g/mol. The van der Waals surface area contributed by atoms with Crippen molar-refractivity contribution in [1.82, 2.24) is 0 Å². The number of hydrogen-bond donors (Lipinski definition) is 0. The monoisotopic (exact) mass is 669 g/mol. The Kier molecular flexibility index (Phi) is 5.36. The predicted octanol–water partition coefficient (Wildman–Crippen LogP) is 11.6. The van der Waals surface area contributed by atoms with Crippen LogP contribution in [0.15, 0.2) is 118 Å². The third kappa shape index (κ3) is 3.38. The summed E-state index contributed by atoms with van der Waals surface area (Å²) < 4.78 is 7.36. The molecule has 0 bridgehead atoms. The summed E-state index contributed by atoms with van der Waals surface area (Å²) in [4.78, 5) is 5.40. The zero-order valence-corrected chi connectivity index (χ0v) is 26.5. The number of rotatable bonds is 2. The predicted molar refractivity (Wildman–Crippen MR) is 191 cm³/mol. The molecular weight excluding hydrogens is 641 g/mol. The van der Waals surface area contributed by atoms with E-state index in [1.807, 2.05) is 17.4 Å². The van der Waals surface area contributed by atoms with Crippen LogP contribution < -0.4 is 0 Å². The van der Waals surface area contributed by atoms with Gasteiger partial charge >= 0.3 is 259 Å². The van der Waals surface area contributed by atoms with Crippen molar-refractivity contribution in [3.63, 3.8) is 0 Å². The molecule has 3 heterocycles. The zero-order valence-electron chi connectivity index (χ0n) is 23.5. The van der Waals surface area contributed by atoms with Crippen molar-refractivity contribution in [1.29, 1.82) is 0 Å². The summed E-state index contributed by atoms with van der Waals surface area (Å²) in [6.07, 6.45) is 14.0. The van der Waals surface area contributed by atoms with Crippen LogP contribution in [0.3, 0.4) is 0 Å². The number of nitrogens with zero attached hydrogens (tertiary/aromatic N) is 1. The number of allylic oxidation sites excluding steroid dienone is 7. The van der Waals surface area contributed by atoms with Crippen LogP contribution in [-0.4, -0.2) is 5.71 Å². The van der Waals surface area contributed by atoms with Crippen molar-refractivity contribution in [3.8, 4) is 22.3 Å². The summed E-state index contributed by atoms with van der Waals surface area (Å²) in [7, 11) is 0. The van der Waals surface area contributed by atoms with E-state index in [9.17, 15) is 0 Å². The fraction of sp³-hybridized carbons (Fsp3) is 0.103. The molecule has 0 N–H and O–H groups in total. The second kappa shape index (κ2) is 9.10. The molecule has 42 heavy (non-hydrogen) atoms. The Morgan fingerprint density at radius 1 is 0.905 bits per heavy atom. The van der Waals surface area contributed by atoms with Gasteiger partial charge in [-0.1, -0.05) is 0 Å². The minimum atomic E-state index is -1.80. The second-order valence-corrected chi connectivity index (χ2v) is 18.1. The van der Waals surface area contributed by atoms with Gasteiger partial charge in [0.2, 0.25) is 0 Å². The summed E-state index contributed by atoms with van der Waals surface area (Å²) in [5, 5.41) is 2.73. The van der Waals surface area contributed by atoms with Crippen LogP contribution in [0.2, 0.25) is 0 Å². The van der Waals surface area contributed by atoms with Gasteiger partial charge in [-0.25, -0.2) is 0 Å². The van der Waals surface area contributed by atoms with Crippen LogP contribution >= 0.6 is 31.2 Å². The standard InChI is InChI=1S/C39H28INS/c1-22-11-8-12-25-20-26(18-19-27(22)25)28-14-9-15-30-35-34(42-39(28)30)21-31-29-13-5-6-16-32(29)40-24(3)38(36(35)37(31)40)41-33-17-7-4-10-23(33)2/h4-10,12-22H,2,11H2,1,3H3. The first-order valence-electron chi connectivity index (χ1n) is 14.5. The first kappa shape index (κ1) is 24.8. The van der Waals surface area contributed by atoms with Gasteiger partial charge in [0.25, 0.3) is 0 Å². The molecular formula is C39H28INS. The van der Waals surface area contributed by atoms with E-state index in [2.05, 4.69) is 118 Å². The topological polar surface area (TPSA) is 12.4 Å². The first-order chi connectivity index (χ1) is 20.6. The van der Waals surface area contributed by atoms with Gasteiger partial charge < -0.3 is 0 Å². The van der Waals surface area contributed by atoms with Crippen LogP contribution in [0, 0.1) is 7.14 Å². The molecule has 1 atom stereocenters. The second-order valence-electron chi connectivity index (χ2n) is 11.5. The zero-order chi connectivity index (χ0) is 28.1. The molecule has 4 aliphatic rings. The number of halogens is 1. The van der Waals surface area contributed by atoms with Gasteiger partial charge in [0, 0.05) is 0 Å². The number of thiophene rings is 1. The van der Waals surface area contributed by atoms with Crippen molar-refractivity contribution in [2.24, 2.45) is 4.99 Å². The minimum absolute atomic E-state index is 0.576. The molecule has 0 saturated carbocycles. The number of fused-ring (bicyclic) bond motifs is 8. The van der Waals surface area contributed by atoms with Gasteiger partial charge in [-0.2, -0.15) is 0 Å². The fourth-order valence-electron chi connectivity index (χ4n) is 7.02. The summed E-state index contributed by atoms with van der Waals surface area (Å²) in [5.41, 5.74) is 12.8. The molecule has 2 aliphatic heterocycles. The van der Waals surface area contributed by atoms with E-state index in [-0.39, 0.29) is 0 Å². The van der Waals surface area contributed by atoms with Crippen LogP contribution in [-0.2, 0) is 0 Å². The SMILES string of the molecule is C=C1C=CC=CC1=NC1=C(C)I2c3ccccc3-c3cc4sc5c(-c6ccc7c(c6)C=CCC7C)cccc5c4c1c32. The Hall–Kier alpha value is -3.80. The molecule has 4 aromatic carbocycles. The Morgan fingerprint density at radius 3 is 2.67 bits per heavy atom. The molecule has 0 radical (unpaired) electrons. The molecule has 9 rings (SSSR count). The third-order valence-electron chi connectivity index (χ3n) is 9.07. The fourth-order valence-corrected chi connectivity index (χ4v) is 15.2. The molecule has 0 fully saturated rings. The Morgan fingerprint density at radius 2 is 1.76 bits per heavy atom. The molecule has 3 heteroatoms. The molecule has 1 unspecified atom stereocenters. The van der Waals surface area contributed by atoms with E-state index in [0.29, 0.717) is 5.92 Å². The summed E-state index contributed by atoms with van der Waals surface area (Å²) in [5.74, 6) is 0.576.